The molecule has 2 N–H and O–H groups in total. The summed E-state index contributed by atoms with van der Waals surface area (Å²) in [4.78, 5) is 11.6. The summed E-state index contributed by atoms with van der Waals surface area (Å²) in [6.07, 6.45) is -0.0527. The Bertz CT molecular complexity index is 489. The second-order valence-electron chi connectivity index (χ2n) is 5.41. The van der Waals surface area contributed by atoms with Crippen LogP contribution in [0.25, 0.3) is 0 Å². The number of benzene rings is 1. The van der Waals surface area contributed by atoms with Crippen LogP contribution >= 0.6 is 0 Å². The smallest absolute Gasteiger partial charge is 0.352 e. The van der Waals surface area contributed by atoms with Gasteiger partial charge < -0.3 is 15.2 Å². The standard InChI is InChI=1S/C15H19F2NO3/c1-11(21-12-6-3-2-4-7-12)10-18-13(19)15(16,17)14(20)8-5-9-14/h2-4,6-7,11,20H,5,8-10H2,1H3,(H,18,19). The Morgan fingerprint density at radius 2 is 2.05 bits per heavy atom. The number of nitrogens with one attached hydrogen (secondary N) is 1. The molecule has 0 radical (unpaired) electrons. The second-order valence-corrected chi connectivity index (χ2v) is 5.41. The van der Waals surface area contributed by atoms with Crippen molar-refractivity contribution in [3.05, 3.63) is 30.3 Å². The molecule has 21 heavy (non-hydrogen) atoms. The molecule has 1 aliphatic rings. The van der Waals surface area contributed by atoms with Crippen molar-refractivity contribution in [2.45, 2.75) is 43.8 Å². The quantitative estimate of drug-likeness (QED) is 0.846. The van der Waals surface area contributed by atoms with Crippen LogP contribution in [0.5, 0.6) is 5.75 Å². The number of para-hydroxylation sites is 1. The van der Waals surface area contributed by atoms with Gasteiger partial charge in [0.15, 0.2) is 0 Å². The largest absolute Gasteiger partial charge is 0.489 e. The van der Waals surface area contributed by atoms with E-state index in [4.69, 9.17) is 4.74 Å². The molecule has 0 bridgehead atoms. The maximum atomic E-state index is 13.8. The van der Waals surface area contributed by atoms with Crippen LogP contribution in [0.1, 0.15) is 26.2 Å². The van der Waals surface area contributed by atoms with E-state index in [0.29, 0.717) is 12.2 Å². The number of halogens is 2. The molecule has 1 unspecified atom stereocenters. The molecule has 1 saturated carbocycles. The highest BCUT2D eigenvalue weighted by Gasteiger charge is 2.61. The van der Waals surface area contributed by atoms with E-state index in [1.165, 1.54) is 0 Å². The molecule has 1 aromatic rings. The highest BCUT2D eigenvalue weighted by Crippen LogP contribution is 2.44. The van der Waals surface area contributed by atoms with Gasteiger partial charge in [0.05, 0.1) is 6.54 Å². The summed E-state index contributed by atoms with van der Waals surface area (Å²) in [6.45, 7) is 1.61. The normalized spacial score (nSPS) is 18.5. The summed E-state index contributed by atoms with van der Waals surface area (Å²) in [7, 11) is 0. The van der Waals surface area contributed by atoms with Crippen LogP contribution in [-0.4, -0.2) is 35.2 Å². The molecule has 4 nitrogen and oxygen atoms in total. The molecule has 6 heteroatoms. The van der Waals surface area contributed by atoms with Gasteiger partial charge in [0.2, 0.25) is 0 Å². The Balaban J connectivity index is 1.83. The second kappa shape index (κ2) is 5.97. The van der Waals surface area contributed by atoms with Crippen molar-refractivity contribution in [1.29, 1.82) is 0 Å². The fourth-order valence-corrected chi connectivity index (χ4v) is 2.16. The number of amides is 1. The van der Waals surface area contributed by atoms with Gasteiger partial charge in [-0.1, -0.05) is 18.2 Å². The van der Waals surface area contributed by atoms with Crippen molar-refractivity contribution >= 4 is 5.91 Å². The molecule has 0 aliphatic heterocycles. The van der Waals surface area contributed by atoms with Gasteiger partial charge in [-0.05, 0) is 38.3 Å². The third-order valence-electron chi connectivity index (χ3n) is 3.68. The first-order valence-electron chi connectivity index (χ1n) is 6.95. The Kier molecular flexibility index (Phi) is 4.46. The van der Waals surface area contributed by atoms with Gasteiger partial charge in [-0.2, -0.15) is 8.78 Å². The van der Waals surface area contributed by atoms with Crippen LogP contribution in [0.4, 0.5) is 8.78 Å². The van der Waals surface area contributed by atoms with E-state index in [-0.39, 0.29) is 19.4 Å². The van der Waals surface area contributed by atoms with Gasteiger partial charge >= 0.3 is 5.92 Å². The molecule has 1 aliphatic carbocycles. The number of hydrogen-bond donors (Lipinski definition) is 2. The van der Waals surface area contributed by atoms with Crippen LogP contribution in [0, 0.1) is 0 Å². The molecule has 2 rings (SSSR count). The van der Waals surface area contributed by atoms with Gasteiger partial charge in [0.25, 0.3) is 5.91 Å². The van der Waals surface area contributed by atoms with Gasteiger partial charge in [-0.15, -0.1) is 0 Å². The average molecular weight is 299 g/mol. The zero-order chi connectivity index (χ0) is 15.5. The average Bonchev–Trinajstić information content (AvgIpc) is 2.43. The molecule has 1 atom stereocenters. The lowest BCUT2D eigenvalue weighted by Crippen LogP contribution is -2.61. The highest BCUT2D eigenvalue weighted by molar-refractivity contribution is 5.85. The van der Waals surface area contributed by atoms with Gasteiger partial charge in [0.1, 0.15) is 17.5 Å². The van der Waals surface area contributed by atoms with Crippen molar-refractivity contribution in [2.24, 2.45) is 0 Å². The first kappa shape index (κ1) is 15.7. The first-order chi connectivity index (χ1) is 9.85. The minimum absolute atomic E-state index is 0.0521. The summed E-state index contributed by atoms with van der Waals surface area (Å²) >= 11 is 0. The topological polar surface area (TPSA) is 58.6 Å². The monoisotopic (exact) mass is 299 g/mol. The van der Waals surface area contributed by atoms with E-state index in [9.17, 15) is 18.7 Å². The van der Waals surface area contributed by atoms with Gasteiger partial charge in [-0.25, -0.2) is 0 Å². The summed E-state index contributed by atoms with van der Waals surface area (Å²) in [5, 5.41) is 11.8. The molecule has 1 amide bonds. The van der Waals surface area contributed by atoms with E-state index in [1.807, 2.05) is 6.07 Å². The highest BCUT2D eigenvalue weighted by atomic mass is 19.3. The number of carbonyl (C=O) groups excluding carboxylic acids is 1. The van der Waals surface area contributed by atoms with Gasteiger partial charge in [-0.3, -0.25) is 4.79 Å². The predicted molar refractivity (Wildman–Crippen MR) is 73.3 cm³/mol. The third kappa shape index (κ3) is 3.32. The first-order valence-corrected chi connectivity index (χ1v) is 6.95. The van der Waals surface area contributed by atoms with Crippen LogP contribution in [-0.2, 0) is 4.79 Å². The van der Waals surface area contributed by atoms with Gasteiger partial charge in [0, 0.05) is 0 Å². The van der Waals surface area contributed by atoms with E-state index in [1.54, 1.807) is 31.2 Å². The van der Waals surface area contributed by atoms with E-state index < -0.39 is 23.5 Å². The Labute approximate surface area is 122 Å². The SMILES string of the molecule is CC(CNC(=O)C(F)(F)C1(O)CCC1)Oc1ccccc1. The number of alkyl halides is 2. The molecule has 0 saturated heterocycles. The van der Waals surface area contributed by atoms with Crippen molar-refractivity contribution < 1.29 is 23.4 Å². The van der Waals surface area contributed by atoms with Crippen LogP contribution in [0.15, 0.2) is 30.3 Å². The van der Waals surface area contributed by atoms with Crippen molar-refractivity contribution in [3.63, 3.8) is 0 Å². The van der Waals surface area contributed by atoms with Crippen molar-refractivity contribution in [2.75, 3.05) is 6.54 Å². The Morgan fingerprint density at radius 3 is 2.57 bits per heavy atom. The lowest BCUT2D eigenvalue weighted by molar-refractivity contribution is -0.216. The van der Waals surface area contributed by atoms with Crippen molar-refractivity contribution in [3.8, 4) is 5.75 Å². The minimum Gasteiger partial charge on any atom is -0.489 e. The van der Waals surface area contributed by atoms with Crippen LogP contribution in [0.2, 0.25) is 0 Å². The van der Waals surface area contributed by atoms with E-state index >= 15 is 0 Å². The number of ether oxygens (including phenoxy) is 1. The van der Waals surface area contributed by atoms with Crippen molar-refractivity contribution in [1.82, 2.24) is 5.32 Å². The van der Waals surface area contributed by atoms with Crippen LogP contribution < -0.4 is 10.1 Å². The molecular weight excluding hydrogens is 280 g/mol. The zero-order valence-electron chi connectivity index (χ0n) is 11.8. The van der Waals surface area contributed by atoms with E-state index in [0.717, 1.165) is 0 Å². The molecule has 0 aromatic heterocycles. The molecule has 0 heterocycles. The molecular formula is C15H19F2NO3. The molecule has 1 fully saturated rings. The number of hydrogen-bond acceptors (Lipinski definition) is 3. The summed E-state index contributed by atoms with van der Waals surface area (Å²) < 4.78 is 33.1. The summed E-state index contributed by atoms with van der Waals surface area (Å²) in [5.41, 5.74) is -2.19. The molecule has 1 aromatic carbocycles. The summed E-state index contributed by atoms with van der Waals surface area (Å²) in [5.74, 6) is -4.62. The zero-order valence-corrected chi connectivity index (χ0v) is 11.8. The number of rotatable bonds is 6. The molecule has 116 valence electrons. The lowest BCUT2D eigenvalue weighted by Gasteiger charge is -2.41. The third-order valence-corrected chi connectivity index (χ3v) is 3.68. The van der Waals surface area contributed by atoms with Crippen LogP contribution in [0.3, 0.4) is 0 Å². The fraction of sp³-hybridized carbons (Fsp3) is 0.533. The van der Waals surface area contributed by atoms with E-state index in [2.05, 4.69) is 5.32 Å². The maximum absolute atomic E-state index is 13.8. The Morgan fingerprint density at radius 1 is 1.43 bits per heavy atom. The lowest BCUT2D eigenvalue weighted by atomic mass is 9.75. The molecule has 0 spiro atoms. The fourth-order valence-electron chi connectivity index (χ4n) is 2.16. The number of carbonyl (C=O) groups is 1. The maximum Gasteiger partial charge on any atom is 0.352 e. The minimum atomic E-state index is -3.77. The predicted octanol–water partition coefficient (Wildman–Crippen LogP) is 2.12. The summed E-state index contributed by atoms with van der Waals surface area (Å²) in [6, 6.07) is 8.90. The number of aliphatic hydroxyl groups is 1. The Hall–Kier alpha value is -1.69.